The fourth-order valence-electron chi connectivity index (χ4n) is 1.28. The normalized spacial score (nSPS) is 10.4. The monoisotopic (exact) mass is 248 g/mol. The van der Waals surface area contributed by atoms with Gasteiger partial charge in [-0.15, -0.1) is 0 Å². The number of rotatable bonds is 5. The van der Waals surface area contributed by atoms with Gasteiger partial charge in [-0.1, -0.05) is 23.9 Å². The van der Waals surface area contributed by atoms with Gasteiger partial charge in [0.25, 0.3) is 0 Å². The Hall–Kier alpha value is -1.68. The number of hydrogen-bond donors (Lipinski definition) is 0. The predicted octanol–water partition coefficient (Wildman–Crippen LogP) is 2.60. The highest BCUT2D eigenvalue weighted by atomic mass is 32.2. The summed E-state index contributed by atoms with van der Waals surface area (Å²) in [6.07, 6.45) is 5.02. The minimum absolute atomic E-state index is 0.0601. The van der Waals surface area contributed by atoms with Crippen molar-refractivity contribution in [2.45, 2.75) is 6.92 Å². The lowest BCUT2D eigenvalue weighted by Gasteiger charge is -1.98. The Bertz CT molecular complexity index is 437. The number of carbonyl (C=O) groups excluding carboxylic acids is 3. The molecule has 17 heavy (non-hydrogen) atoms. The number of aldehydes is 2. The molecule has 88 valence electrons. The molecule has 3 nitrogen and oxygen atoms in total. The van der Waals surface area contributed by atoms with Crippen molar-refractivity contribution in [3.63, 3.8) is 0 Å². The van der Waals surface area contributed by atoms with Gasteiger partial charge in [0.2, 0.25) is 0 Å². The van der Waals surface area contributed by atoms with Crippen LogP contribution in [0.25, 0.3) is 6.08 Å². The van der Waals surface area contributed by atoms with Gasteiger partial charge >= 0.3 is 0 Å². The largest absolute Gasteiger partial charge is 0.298 e. The van der Waals surface area contributed by atoms with E-state index in [9.17, 15) is 14.4 Å². The highest BCUT2D eigenvalue weighted by Gasteiger charge is 1.97. The van der Waals surface area contributed by atoms with Crippen LogP contribution in [0, 0.1) is 0 Å². The minimum atomic E-state index is 0.0601. The molecule has 1 aromatic rings. The molecule has 0 bridgehead atoms. The molecule has 0 radical (unpaired) electrons. The summed E-state index contributed by atoms with van der Waals surface area (Å²) in [6, 6.07) is 4.91. The van der Waals surface area contributed by atoms with E-state index in [1.807, 2.05) is 6.08 Å². The van der Waals surface area contributed by atoms with E-state index >= 15 is 0 Å². The maximum absolute atomic E-state index is 10.7. The van der Waals surface area contributed by atoms with E-state index in [-0.39, 0.29) is 5.12 Å². The first kappa shape index (κ1) is 13.4. The van der Waals surface area contributed by atoms with E-state index < -0.39 is 0 Å². The number of carbonyl (C=O) groups is 3. The van der Waals surface area contributed by atoms with Crippen molar-refractivity contribution in [3.05, 3.63) is 41.0 Å². The molecule has 0 heterocycles. The summed E-state index contributed by atoms with van der Waals surface area (Å²) >= 11 is 1.21. The smallest absolute Gasteiger partial charge is 0.186 e. The SMILES string of the molecule is CC(=O)SCC=Cc1cc(C=O)cc(C=O)c1. The summed E-state index contributed by atoms with van der Waals surface area (Å²) in [5.74, 6) is 0.580. The van der Waals surface area contributed by atoms with Gasteiger partial charge in [0.05, 0.1) is 0 Å². The number of benzene rings is 1. The third-order valence-corrected chi connectivity index (χ3v) is 2.73. The topological polar surface area (TPSA) is 51.2 Å². The Kier molecular flexibility index (Phi) is 5.36. The Morgan fingerprint density at radius 2 is 1.65 bits per heavy atom. The van der Waals surface area contributed by atoms with Gasteiger partial charge in [-0.3, -0.25) is 14.4 Å². The summed E-state index contributed by atoms with van der Waals surface area (Å²) in [4.78, 5) is 32.0. The molecule has 0 amide bonds. The van der Waals surface area contributed by atoms with E-state index in [4.69, 9.17) is 0 Å². The second kappa shape index (κ2) is 6.81. The van der Waals surface area contributed by atoms with Crippen LogP contribution in [0.1, 0.15) is 33.2 Å². The quantitative estimate of drug-likeness (QED) is 0.751. The summed E-state index contributed by atoms with van der Waals surface area (Å²) in [5, 5.41) is 0.0601. The van der Waals surface area contributed by atoms with Crippen LogP contribution in [0.5, 0.6) is 0 Å². The Morgan fingerprint density at radius 3 is 2.12 bits per heavy atom. The van der Waals surface area contributed by atoms with Gasteiger partial charge in [-0.25, -0.2) is 0 Å². The van der Waals surface area contributed by atoms with E-state index in [0.717, 1.165) is 5.56 Å². The molecule has 0 saturated heterocycles. The molecule has 1 aromatic carbocycles. The first-order chi connectivity index (χ1) is 8.15. The molecule has 0 saturated carbocycles. The highest BCUT2D eigenvalue weighted by molar-refractivity contribution is 8.13. The van der Waals surface area contributed by atoms with Gasteiger partial charge in [-0.2, -0.15) is 0 Å². The van der Waals surface area contributed by atoms with Crippen LogP contribution < -0.4 is 0 Å². The van der Waals surface area contributed by atoms with Crippen LogP contribution in [-0.2, 0) is 4.79 Å². The molecule has 0 aliphatic carbocycles. The first-order valence-electron chi connectivity index (χ1n) is 5.01. The molecule has 0 unspecified atom stereocenters. The summed E-state index contributed by atoms with van der Waals surface area (Å²) in [6.45, 7) is 1.51. The molecule has 0 aliphatic heterocycles. The lowest BCUT2D eigenvalue weighted by molar-refractivity contribution is -0.109. The zero-order valence-corrected chi connectivity index (χ0v) is 10.2. The number of thioether (sulfide) groups is 1. The van der Waals surface area contributed by atoms with Crippen molar-refractivity contribution >= 4 is 35.5 Å². The van der Waals surface area contributed by atoms with Crippen LogP contribution in [0.2, 0.25) is 0 Å². The van der Waals surface area contributed by atoms with Gasteiger partial charge in [0, 0.05) is 23.8 Å². The lowest BCUT2D eigenvalue weighted by atomic mass is 10.1. The molecule has 4 heteroatoms. The van der Waals surface area contributed by atoms with E-state index in [1.54, 1.807) is 18.2 Å². The second-order valence-corrected chi connectivity index (χ2v) is 4.57. The first-order valence-corrected chi connectivity index (χ1v) is 5.99. The van der Waals surface area contributed by atoms with Gasteiger partial charge < -0.3 is 0 Å². The zero-order chi connectivity index (χ0) is 12.7. The lowest BCUT2D eigenvalue weighted by Crippen LogP contribution is -1.88. The van der Waals surface area contributed by atoms with Crippen molar-refractivity contribution in [3.8, 4) is 0 Å². The average molecular weight is 248 g/mol. The Labute approximate surface area is 104 Å². The third kappa shape index (κ3) is 4.78. The Morgan fingerprint density at radius 1 is 1.12 bits per heavy atom. The van der Waals surface area contributed by atoms with Crippen LogP contribution >= 0.6 is 11.8 Å². The van der Waals surface area contributed by atoms with Crippen molar-refractivity contribution in [1.29, 1.82) is 0 Å². The fourth-order valence-corrected chi connectivity index (χ4v) is 1.71. The molecule has 0 fully saturated rings. The average Bonchev–Trinajstić information content (AvgIpc) is 2.34. The van der Waals surface area contributed by atoms with Crippen LogP contribution in [0.3, 0.4) is 0 Å². The van der Waals surface area contributed by atoms with E-state index in [2.05, 4.69) is 0 Å². The maximum atomic E-state index is 10.7. The summed E-state index contributed by atoms with van der Waals surface area (Å²) in [5.41, 5.74) is 1.71. The maximum Gasteiger partial charge on any atom is 0.186 e. The minimum Gasteiger partial charge on any atom is -0.298 e. The standard InChI is InChI=1S/C13H12O3S/c1-10(16)17-4-2-3-11-5-12(8-14)7-13(6-11)9-15/h2-3,5-9H,4H2,1H3. The van der Waals surface area contributed by atoms with Gasteiger partial charge in [0.1, 0.15) is 12.6 Å². The van der Waals surface area contributed by atoms with E-state index in [0.29, 0.717) is 29.5 Å². The molecule has 0 aliphatic rings. The van der Waals surface area contributed by atoms with E-state index in [1.165, 1.54) is 24.8 Å². The Balaban J connectivity index is 2.79. The van der Waals surface area contributed by atoms with Crippen molar-refractivity contribution < 1.29 is 14.4 Å². The van der Waals surface area contributed by atoms with Crippen LogP contribution in [0.15, 0.2) is 24.3 Å². The second-order valence-electron chi connectivity index (χ2n) is 3.37. The summed E-state index contributed by atoms with van der Waals surface area (Å²) < 4.78 is 0. The predicted molar refractivity (Wildman–Crippen MR) is 69.4 cm³/mol. The van der Waals surface area contributed by atoms with Gasteiger partial charge in [-0.05, 0) is 23.8 Å². The van der Waals surface area contributed by atoms with Gasteiger partial charge in [0.15, 0.2) is 5.12 Å². The van der Waals surface area contributed by atoms with Crippen LogP contribution in [-0.4, -0.2) is 23.4 Å². The zero-order valence-electron chi connectivity index (χ0n) is 9.38. The highest BCUT2D eigenvalue weighted by Crippen LogP contribution is 2.10. The summed E-state index contributed by atoms with van der Waals surface area (Å²) in [7, 11) is 0. The number of hydrogen-bond acceptors (Lipinski definition) is 4. The van der Waals surface area contributed by atoms with Crippen molar-refractivity contribution in [2.24, 2.45) is 0 Å². The molecular weight excluding hydrogens is 236 g/mol. The molecule has 0 N–H and O–H groups in total. The molecule has 0 aromatic heterocycles. The van der Waals surface area contributed by atoms with Crippen molar-refractivity contribution in [1.82, 2.24) is 0 Å². The van der Waals surface area contributed by atoms with Crippen molar-refractivity contribution in [2.75, 3.05) is 5.75 Å². The molecular formula is C13H12O3S. The molecule has 0 spiro atoms. The third-order valence-electron chi connectivity index (χ3n) is 1.97. The molecule has 1 rings (SSSR count). The fraction of sp³-hybridized carbons (Fsp3) is 0.154. The molecule has 0 atom stereocenters. The van der Waals surface area contributed by atoms with Crippen LogP contribution in [0.4, 0.5) is 0 Å².